The Labute approximate surface area is 235 Å². The smallest absolute Gasteiger partial charge is 0.381 e. The van der Waals surface area contributed by atoms with Gasteiger partial charge in [-0.3, -0.25) is 4.79 Å². The molecule has 1 atom stereocenters. The molecule has 5 rings (SSSR count). The summed E-state index contributed by atoms with van der Waals surface area (Å²) in [5.41, 5.74) is 5.82. The number of halogens is 3. The molecule has 216 valence electrons. The number of urea groups is 1. The van der Waals surface area contributed by atoms with Gasteiger partial charge in [0.15, 0.2) is 5.65 Å². The number of fused-ring (bicyclic) bond motifs is 1. The number of allylic oxidation sites excluding steroid dienone is 3. The van der Waals surface area contributed by atoms with E-state index in [1.807, 2.05) is 37.3 Å². The Morgan fingerprint density at radius 1 is 1.15 bits per heavy atom. The van der Waals surface area contributed by atoms with Crippen molar-refractivity contribution < 1.29 is 22.8 Å². The lowest BCUT2D eigenvalue weighted by atomic mass is 9.78. The first-order chi connectivity index (χ1) is 19.6. The Balaban J connectivity index is 1.38. The number of aryl methyl sites for hydroxylation is 1. The number of primary amides is 1. The molecule has 1 unspecified atom stereocenters. The van der Waals surface area contributed by atoms with Gasteiger partial charge in [-0.1, -0.05) is 48.6 Å². The highest BCUT2D eigenvalue weighted by Crippen LogP contribution is 2.46. The molecule has 41 heavy (non-hydrogen) atoms. The van der Waals surface area contributed by atoms with Crippen molar-refractivity contribution >= 4 is 34.2 Å². The van der Waals surface area contributed by atoms with E-state index in [-0.39, 0.29) is 18.0 Å². The van der Waals surface area contributed by atoms with Crippen LogP contribution in [0, 0.1) is 5.41 Å². The SMILES string of the molecule is CCn1ncc2c(NC3CCN(C(N)=O)CC3)c(C(=O)NCC3(C(F)(F)F)C=CC(c4ccccc4)=CC3)cnc21. The second-order valence-electron chi connectivity index (χ2n) is 10.4. The fourth-order valence-corrected chi connectivity index (χ4v) is 5.33. The number of pyridine rings is 1. The predicted octanol–water partition coefficient (Wildman–Crippen LogP) is 4.73. The number of alkyl halides is 3. The average Bonchev–Trinajstić information content (AvgIpc) is 3.40. The van der Waals surface area contributed by atoms with E-state index in [2.05, 4.69) is 20.7 Å². The monoisotopic (exact) mass is 567 g/mol. The second kappa shape index (κ2) is 11.3. The van der Waals surface area contributed by atoms with Crippen LogP contribution in [0.4, 0.5) is 23.7 Å². The molecule has 2 aromatic heterocycles. The highest BCUT2D eigenvalue weighted by atomic mass is 19.4. The molecule has 1 aromatic carbocycles. The molecule has 4 N–H and O–H groups in total. The van der Waals surface area contributed by atoms with Crippen LogP contribution < -0.4 is 16.4 Å². The number of nitrogens with one attached hydrogen (secondary N) is 2. The summed E-state index contributed by atoms with van der Waals surface area (Å²) in [6, 6.07) is 8.62. The fraction of sp³-hybridized carbons (Fsp3) is 0.379. The van der Waals surface area contributed by atoms with Gasteiger partial charge in [0.2, 0.25) is 0 Å². The molecule has 1 aliphatic carbocycles. The standard InChI is InChI=1S/C29H32F3N7O2/c1-2-39-25-22(17-36-39)24(37-21-10-14-38(15-11-21)27(33)41)23(16-34-25)26(40)35-18-28(29(30,31)32)12-8-20(9-13-28)19-6-4-3-5-7-19/h3-9,12,16-17,21H,2,10-11,13-15,18H2,1H3,(H2,33,41)(H,34,37)(H,35,40). The molecule has 1 fully saturated rings. The number of anilines is 1. The molecule has 1 aliphatic heterocycles. The first-order valence-corrected chi connectivity index (χ1v) is 13.6. The van der Waals surface area contributed by atoms with Gasteiger partial charge in [0.1, 0.15) is 5.41 Å². The molecular weight excluding hydrogens is 535 g/mol. The predicted molar refractivity (Wildman–Crippen MR) is 150 cm³/mol. The molecule has 0 spiro atoms. The molecule has 3 amide bonds. The fourth-order valence-electron chi connectivity index (χ4n) is 5.33. The van der Waals surface area contributed by atoms with Crippen LogP contribution in [0.3, 0.4) is 0 Å². The summed E-state index contributed by atoms with van der Waals surface area (Å²) in [6.45, 7) is 2.74. The molecule has 1 saturated heterocycles. The Hall–Kier alpha value is -4.35. The van der Waals surface area contributed by atoms with Crippen LogP contribution >= 0.6 is 0 Å². The maximum atomic E-state index is 14.4. The summed E-state index contributed by atoms with van der Waals surface area (Å²) in [5.74, 6) is -0.671. The Kier molecular flexibility index (Phi) is 7.74. The van der Waals surface area contributed by atoms with E-state index >= 15 is 0 Å². The number of hydrogen-bond donors (Lipinski definition) is 3. The van der Waals surface area contributed by atoms with Crippen molar-refractivity contribution in [3.8, 4) is 0 Å². The van der Waals surface area contributed by atoms with Gasteiger partial charge in [0, 0.05) is 38.4 Å². The van der Waals surface area contributed by atoms with Crippen molar-refractivity contribution in [1.82, 2.24) is 25.0 Å². The largest absolute Gasteiger partial charge is 0.399 e. The van der Waals surface area contributed by atoms with E-state index < -0.39 is 30.1 Å². The molecule has 3 aromatic rings. The summed E-state index contributed by atoms with van der Waals surface area (Å²) < 4.78 is 44.9. The summed E-state index contributed by atoms with van der Waals surface area (Å²) in [7, 11) is 0. The van der Waals surface area contributed by atoms with E-state index in [0.29, 0.717) is 54.8 Å². The topological polar surface area (TPSA) is 118 Å². The molecule has 9 nitrogen and oxygen atoms in total. The van der Waals surface area contributed by atoms with Crippen molar-refractivity contribution in [3.63, 3.8) is 0 Å². The maximum absolute atomic E-state index is 14.4. The molecule has 3 heterocycles. The van der Waals surface area contributed by atoms with E-state index in [1.165, 1.54) is 12.3 Å². The third-order valence-corrected chi connectivity index (χ3v) is 7.87. The molecular formula is C29H32F3N7O2. The zero-order valence-electron chi connectivity index (χ0n) is 22.6. The third-order valence-electron chi connectivity index (χ3n) is 7.87. The number of piperidine rings is 1. The van der Waals surface area contributed by atoms with Crippen LogP contribution in [0.5, 0.6) is 0 Å². The van der Waals surface area contributed by atoms with Crippen LogP contribution in [0.25, 0.3) is 16.6 Å². The number of rotatable bonds is 7. The van der Waals surface area contributed by atoms with Crippen LogP contribution in [-0.4, -0.2) is 63.5 Å². The number of carbonyl (C=O) groups excluding carboxylic acids is 2. The average molecular weight is 568 g/mol. The highest BCUT2D eigenvalue weighted by molar-refractivity contribution is 6.06. The zero-order chi connectivity index (χ0) is 29.2. The van der Waals surface area contributed by atoms with Crippen LogP contribution in [0.15, 0.2) is 61.0 Å². The summed E-state index contributed by atoms with van der Waals surface area (Å²) in [6.07, 6.45) is 3.44. The molecule has 0 bridgehead atoms. The van der Waals surface area contributed by atoms with Gasteiger partial charge in [-0.05, 0) is 37.3 Å². The van der Waals surface area contributed by atoms with Crippen molar-refractivity contribution in [2.75, 3.05) is 25.0 Å². The van der Waals surface area contributed by atoms with Crippen molar-refractivity contribution in [3.05, 3.63) is 72.1 Å². The van der Waals surface area contributed by atoms with E-state index in [1.54, 1.807) is 21.9 Å². The number of nitrogens with two attached hydrogens (primary N) is 1. The van der Waals surface area contributed by atoms with Gasteiger partial charge in [-0.25, -0.2) is 14.5 Å². The Bertz CT molecular complexity index is 1490. The van der Waals surface area contributed by atoms with Gasteiger partial charge in [0.25, 0.3) is 5.91 Å². The zero-order valence-corrected chi connectivity index (χ0v) is 22.6. The van der Waals surface area contributed by atoms with Crippen molar-refractivity contribution in [2.24, 2.45) is 11.1 Å². The number of likely N-dealkylation sites (tertiary alicyclic amines) is 1. The van der Waals surface area contributed by atoms with Gasteiger partial charge in [-0.2, -0.15) is 18.3 Å². The third kappa shape index (κ3) is 5.63. The number of hydrogen-bond acceptors (Lipinski definition) is 5. The maximum Gasteiger partial charge on any atom is 0.399 e. The number of aromatic nitrogens is 3. The quantitative estimate of drug-likeness (QED) is 0.382. The number of benzene rings is 1. The minimum absolute atomic E-state index is 0.0860. The van der Waals surface area contributed by atoms with Crippen molar-refractivity contribution in [1.29, 1.82) is 0 Å². The molecule has 2 aliphatic rings. The molecule has 0 saturated carbocycles. The van der Waals surface area contributed by atoms with E-state index in [0.717, 1.165) is 11.6 Å². The summed E-state index contributed by atoms with van der Waals surface area (Å²) >= 11 is 0. The minimum Gasteiger partial charge on any atom is -0.381 e. The minimum atomic E-state index is -4.59. The number of amides is 3. The highest BCUT2D eigenvalue weighted by Gasteiger charge is 2.53. The van der Waals surface area contributed by atoms with Crippen LogP contribution in [0.2, 0.25) is 0 Å². The van der Waals surface area contributed by atoms with Crippen LogP contribution in [0.1, 0.15) is 42.1 Å². The second-order valence-corrected chi connectivity index (χ2v) is 10.4. The van der Waals surface area contributed by atoms with Gasteiger partial charge in [-0.15, -0.1) is 0 Å². The van der Waals surface area contributed by atoms with E-state index in [9.17, 15) is 22.8 Å². The van der Waals surface area contributed by atoms with E-state index in [4.69, 9.17) is 5.73 Å². The van der Waals surface area contributed by atoms with Crippen LogP contribution in [-0.2, 0) is 6.54 Å². The van der Waals surface area contributed by atoms with Crippen molar-refractivity contribution in [2.45, 2.75) is 44.9 Å². The van der Waals surface area contributed by atoms with Gasteiger partial charge in [0.05, 0.1) is 22.8 Å². The number of nitrogens with zero attached hydrogens (tertiary/aromatic N) is 4. The first-order valence-electron chi connectivity index (χ1n) is 13.6. The number of carbonyl (C=O) groups is 2. The van der Waals surface area contributed by atoms with Gasteiger partial charge >= 0.3 is 12.2 Å². The lowest BCUT2D eigenvalue weighted by Gasteiger charge is -2.35. The molecule has 12 heteroatoms. The summed E-state index contributed by atoms with van der Waals surface area (Å²) in [5, 5.41) is 10.9. The first kappa shape index (κ1) is 28.2. The normalized spacial score (nSPS) is 19.7. The molecule has 0 radical (unpaired) electrons. The summed E-state index contributed by atoms with van der Waals surface area (Å²) in [4.78, 5) is 31.0. The van der Waals surface area contributed by atoms with Gasteiger partial charge < -0.3 is 21.3 Å². The lowest BCUT2D eigenvalue weighted by Crippen LogP contribution is -2.47. The Morgan fingerprint density at radius 2 is 1.88 bits per heavy atom. The Morgan fingerprint density at radius 3 is 2.49 bits per heavy atom. The lowest BCUT2D eigenvalue weighted by molar-refractivity contribution is -0.203.